The van der Waals surface area contributed by atoms with Crippen LogP contribution in [0.4, 0.5) is 5.69 Å². The van der Waals surface area contributed by atoms with Crippen molar-refractivity contribution in [2.75, 3.05) is 0 Å². The zero-order valence-electron chi connectivity index (χ0n) is 10.1. The SMILES string of the molecule is C#Cc1ccc(C=Cc2ccc([N+](=O)[O-])cc2)cc1. The molecule has 2 rings (SSSR count). The fraction of sp³-hybridized carbons (Fsp3) is 0. The molecular formula is C16H11NO2. The van der Waals surface area contributed by atoms with Gasteiger partial charge in [-0.15, -0.1) is 6.42 Å². The third kappa shape index (κ3) is 3.30. The van der Waals surface area contributed by atoms with Crippen molar-refractivity contribution in [1.82, 2.24) is 0 Å². The summed E-state index contributed by atoms with van der Waals surface area (Å²) in [4.78, 5) is 10.1. The van der Waals surface area contributed by atoms with Crippen LogP contribution in [0, 0.1) is 22.5 Å². The van der Waals surface area contributed by atoms with Gasteiger partial charge in [0.05, 0.1) is 4.92 Å². The molecule has 0 saturated carbocycles. The molecule has 19 heavy (non-hydrogen) atoms. The quantitative estimate of drug-likeness (QED) is 0.360. The summed E-state index contributed by atoms with van der Waals surface area (Å²) < 4.78 is 0. The third-order valence-electron chi connectivity index (χ3n) is 2.65. The molecule has 92 valence electrons. The summed E-state index contributed by atoms with van der Waals surface area (Å²) in [5.74, 6) is 2.56. The van der Waals surface area contributed by atoms with Crippen LogP contribution >= 0.6 is 0 Å². The average Bonchev–Trinajstić information content (AvgIpc) is 2.46. The van der Waals surface area contributed by atoms with Gasteiger partial charge in [0.1, 0.15) is 0 Å². The van der Waals surface area contributed by atoms with Crippen LogP contribution in [-0.2, 0) is 0 Å². The molecule has 0 fully saturated rings. The van der Waals surface area contributed by atoms with Gasteiger partial charge in [-0.25, -0.2) is 0 Å². The van der Waals surface area contributed by atoms with Gasteiger partial charge < -0.3 is 0 Å². The predicted molar refractivity (Wildman–Crippen MR) is 76.4 cm³/mol. The van der Waals surface area contributed by atoms with Crippen LogP contribution in [0.15, 0.2) is 48.5 Å². The van der Waals surface area contributed by atoms with Crippen LogP contribution in [0.1, 0.15) is 16.7 Å². The molecule has 0 bridgehead atoms. The molecule has 0 amide bonds. The summed E-state index contributed by atoms with van der Waals surface area (Å²) >= 11 is 0. The molecule has 0 heterocycles. The molecule has 0 aromatic heterocycles. The molecule has 0 atom stereocenters. The smallest absolute Gasteiger partial charge is 0.258 e. The third-order valence-corrected chi connectivity index (χ3v) is 2.65. The van der Waals surface area contributed by atoms with Gasteiger partial charge in [0.25, 0.3) is 5.69 Å². The Hall–Kier alpha value is -2.86. The first kappa shape index (κ1) is 12.6. The Morgan fingerprint density at radius 2 is 1.42 bits per heavy atom. The van der Waals surface area contributed by atoms with E-state index in [0.717, 1.165) is 16.7 Å². The highest BCUT2D eigenvalue weighted by molar-refractivity contribution is 5.70. The summed E-state index contributed by atoms with van der Waals surface area (Å²) in [6, 6.07) is 14.0. The van der Waals surface area contributed by atoms with E-state index in [4.69, 9.17) is 6.42 Å². The van der Waals surface area contributed by atoms with Gasteiger partial charge in [0.15, 0.2) is 0 Å². The number of benzene rings is 2. The van der Waals surface area contributed by atoms with Gasteiger partial charge in [-0.3, -0.25) is 10.1 Å². The number of nitro benzene ring substituents is 1. The number of hydrogen-bond donors (Lipinski definition) is 0. The van der Waals surface area contributed by atoms with Crippen LogP contribution in [0.2, 0.25) is 0 Å². The van der Waals surface area contributed by atoms with Crippen molar-refractivity contribution < 1.29 is 4.92 Å². The molecule has 2 aromatic rings. The zero-order chi connectivity index (χ0) is 13.7. The second kappa shape index (κ2) is 5.65. The van der Waals surface area contributed by atoms with Crippen molar-refractivity contribution in [1.29, 1.82) is 0 Å². The van der Waals surface area contributed by atoms with Gasteiger partial charge in [0.2, 0.25) is 0 Å². The van der Waals surface area contributed by atoms with E-state index >= 15 is 0 Å². The summed E-state index contributed by atoms with van der Waals surface area (Å²) in [6.07, 6.45) is 9.11. The molecule has 0 unspecified atom stereocenters. The van der Waals surface area contributed by atoms with Crippen LogP contribution in [0.5, 0.6) is 0 Å². The Morgan fingerprint density at radius 3 is 1.84 bits per heavy atom. The Balaban J connectivity index is 2.13. The van der Waals surface area contributed by atoms with Crippen molar-refractivity contribution in [3.05, 3.63) is 75.3 Å². The van der Waals surface area contributed by atoms with E-state index in [-0.39, 0.29) is 5.69 Å². The minimum absolute atomic E-state index is 0.0931. The maximum Gasteiger partial charge on any atom is 0.269 e. The first-order valence-electron chi connectivity index (χ1n) is 5.68. The van der Waals surface area contributed by atoms with E-state index in [0.29, 0.717) is 0 Å². The Kier molecular flexibility index (Phi) is 3.75. The fourth-order valence-corrected chi connectivity index (χ4v) is 1.59. The minimum Gasteiger partial charge on any atom is -0.258 e. The summed E-state index contributed by atoms with van der Waals surface area (Å²) in [5.41, 5.74) is 2.87. The van der Waals surface area contributed by atoms with Crippen LogP contribution in [0.25, 0.3) is 12.2 Å². The highest BCUT2D eigenvalue weighted by Crippen LogP contribution is 2.14. The molecule has 0 aliphatic rings. The average molecular weight is 249 g/mol. The lowest BCUT2D eigenvalue weighted by molar-refractivity contribution is -0.384. The molecule has 0 aliphatic carbocycles. The van der Waals surface area contributed by atoms with Crippen molar-refractivity contribution in [3.8, 4) is 12.3 Å². The minimum atomic E-state index is -0.411. The molecule has 0 spiro atoms. The molecule has 3 heteroatoms. The molecular weight excluding hydrogens is 238 g/mol. The van der Waals surface area contributed by atoms with E-state index in [2.05, 4.69) is 5.92 Å². The molecule has 0 aliphatic heterocycles. The maximum atomic E-state index is 10.5. The Labute approximate surface area is 111 Å². The first-order valence-corrected chi connectivity index (χ1v) is 5.68. The van der Waals surface area contributed by atoms with Gasteiger partial charge in [0, 0.05) is 17.7 Å². The topological polar surface area (TPSA) is 43.1 Å². The van der Waals surface area contributed by atoms with E-state index in [1.807, 2.05) is 36.4 Å². The van der Waals surface area contributed by atoms with Crippen molar-refractivity contribution in [2.45, 2.75) is 0 Å². The molecule has 2 aromatic carbocycles. The first-order chi connectivity index (χ1) is 9.19. The van der Waals surface area contributed by atoms with E-state index in [1.54, 1.807) is 12.1 Å². The highest BCUT2D eigenvalue weighted by atomic mass is 16.6. The lowest BCUT2D eigenvalue weighted by atomic mass is 10.1. The van der Waals surface area contributed by atoms with Crippen LogP contribution in [-0.4, -0.2) is 4.92 Å². The molecule has 0 saturated heterocycles. The van der Waals surface area contributed by atoms with Crippen molar-refractivity contribution in [3.63, 3.8) is 0 Å². The fourth-order valence-electron chi connectivity index (χ4n) is 1.59. The Bertz CT molecular complexity index is 647. The van der Waals surface area contributed by atoms with Gasteiger partial charge in [-0.2, -0.15) is 0 Å². The van der Waals surface area contributed by atoms with Crippen molar-refractivity contribution >= 4 is 17.8 Å². The number of non-ortho nitro benzene ring substituents is 1. The highest BCUT2D eigenvalue weighted by Gasteiger charge is 2.01. The van der Waals surface area contributed by atoms with Crippen LogP contribution < -0.4 is 0 Å². The lowest BCUT2D eigenvalue weighted by Crippen LogP contribution is -1.86. The predicted octanol–water partition coefficient (Wildman–Crippen LogP) is 3.75. The summed E-state index contributed by atoms with van der Waals surface area (Å²) in [7, 11) is 0. The van der Waals surface area contributed by atoms with E-state index < -0.39 is 4.92 Å². The van der Waals surface area contributed by atoms with E-state index in [1.165, 1.54) is 12.1 Å². The monoisotopic (exact) mass is 249 g/mol. The summed E-state index contributed by atoms with van der Waals surface area (Å²) in [5, 5.41) is 10.5. The second-order valence-corrected chi connectivity index (χ2v) is 3.95. The van der Waals surface area contributed by atoms with Crippen LogP contribution in [0.3, 0.4) is 0 Å². The number of rotatable bonds is 3. The molecule has 3 nitrogen and oxygen atoms in total. The largest absolute Gasteiger partial charge is 0.269 e. The van der Waals surface area contributed by atoms with Gasteiger partial charge >= 0.3 is 0 Å². The van der Waals surface area contributed by atoms with E-state index in [9.17, 15) is 10.1 Å². The second-order valence-electron chi connectivity index (χ2n) is 3.95. The number of hydrogen-bond acceptors (Lipinski definition) is 2. The lowest BCUT2D eigenvalue weighted by Gasteiger charge is -1.96. The van der Waals surface area contributed by atoms with Gasteiger partial charge in [-0.1, -0.05) is 30.2 Å². The normalized spacial score (nSPS) is 10.3. The number of nitrogens with zero attached hydrogens (tertiary/aromatic N) is 1. The zero-order valence-corrected chi connectivity index (χ0v) is 10.1. The van der Waals surface area contributed by atoms with Crippen molar-refractivity contribution in [2.24, 2.45) is 0 Å². The molecule has 0 radical (unpaired) electrons. The Morgan fingerprint density at radius 1 is 0.947 bits per heavy atom. The summed E-state index contributed by atoms with van der Waals surface area (Å²) in [6.45, 7) is 0. The number of terminal acetylenes is 1. The standard InChI is InChI=1S/C16H11NO2/c1-2-13-3-5-14(6-4-13)7-8-15-9-11-16(12-10-15)17(18)19/h1,3-12H. The maximum absolute atomic E-state index is 10.5. The number of nitro groups is 1. The molecule has 0 N–H and O–H groups in total. The van der Waals surface area contributed by atoms with Gasteiger partial charge in [-0.05, 0) is 35.4 Å².